The molecular weight excluding hydrogens is 490 g/mol. The second kappa shape index (κ2) is 9.88. The lowest BCUT2D eigenvalue weighted by molar-refractivity contribution is -0.119. The fraction of sp³-hybridized carbons (Fsp3) is 0.240. The Bertz CT molecular complexity index is 1200. The minimum Gasteiger partial charge on any atom is -0.483 e. The van der Waals surface area contributed by atoms with Gasteiger partial charge in [0, 0.05) is 4.47 Å². The molecule has 0 aliphatic carbocycles. The highest BCUT2D eigenvalue weighted by Crippen LogP contribution is 2.30. The second-order valence-corrected chi connectivity index (χ2v) is 10.6. The molecule has 0 heterocycles. The van der Waals surface area contributed by atoms with Crippen molar-refractivity contribution < 1.29 is 17.9 Å². The van der Waals surface area contributed by atoms with E-state index in [1.165, 1.54) is 12.1 Å². The number of carbonyl (C=O) groups is 1. The summed E-state index contributed by atoms with van der Waals surface area (Å²) in [5.41, 5.74) is 3.08. The monoisotopic (exact) mass is 515 g/mol. The molecule has 3 rings (SSSR count). The number of ether oxygens (including phenoxy) is 1. The van der Waals surface area contributed by atoms with Gasteiger partial charge in [-0.3, -0.25) is 4.79 Å². The standard InChI is InChI=1S/C25H26BrNO4S/c1-17(2)23-15-20(26)9-14-24(23)31-16-25(28)27(21-10-5-18(3)6-11-21)32(29,30)22-12-7-19(4)8-13-22/h5-15,17H,16H2,1-4H3. The van der Waals surface area contributed by atoms with Gasteiger partial charge in [-0.2, -0.15) is 4.31 Å². The van der Waals surface area contributed by atoms with Crippen LogP contribution in [0.15, 0.2) is 76.1 Å². The van der Waals surface area contributed by atoms with Crippen molar-refractivity contribution in [2.24, 2.45) is 0 Å². The number of nitrogens with zero attached hydrogens (tertiary/aromatic N) is 1. The predicted molar refractivity (Wildman–Crippen MR) is 131 cm³/mol. The minimum atomic E-state index is -4.12. The maximum atomic E-state index is 13.4. The number of carbonyl (C=O) groups excluding carboxylic acids is 1. The number of aryl methyl sites for hydroxylation is 2. The van der Waals surface area contributed by atoms with Gasteiger partial charge in [0.1, 0.15) is 5.75 Å². The minimum absolute atomic E-state index is 0.0449. The summed E-state index contributed by atoms with van der Waals surface area (Å²) < 4.78 is 34.4. The lowest BCUT2D eigenvalue weighted by Gasteiger charge is -2.23. The van der Waals surface area contributed by atoms with Crippen molar-refractivity contribution in [3.8, 4) is 5.75 Å². The third-order valence-electron chi connectivity index (χ3n) is 5.00. The van der Waals surface area contributed by atoms with Gasteiger partial charge in [-0.25, -0.2) is 8.42 Å². The molecule has 0 fully saturated rings. The Morgan fingerprint density at radius 1 is 0.938 bits per heavy atom. The Kier molecular flexibility index (Phi) is 7.41. The molecule has 3 aromatic carbocycles. The molecule has 0 unspecified atom stereocenters. The number of halogens is 1. The molecule has 0 aliphatic heterocycles. The van der Waals surface area contributed by atoms with Crippen LogP contribution in [0.4, 0.5) is 5.69 Å². The molecule has 0 spiro atoms. The molecule has 5 nitrogen and oxygen atoms in total. The van der Waals surface area contributed by atoms with Gasteiger partial charge < -0.3 is 4.74 Å². The van der Waals surface area contributed by atoms with Crippen LogP contribution in [0.2, 0.25) is 0 Å². The fourth-order valence-electron chi connectivity index (χ4n) is 3.21. The van der Waals surface area contributed by atoms with Crippen LogP contribution in [0, 0.1) is 13.8 Å². The van der Waals surface area contributed by atoms with Gasteiger partial charge in [-0.15, -0.1) is 0 Å². The number of amides is 1. The van der Waals surface area contributed by atoms with Crippen molar-refractivity contribution in [2.75, 3.05) is 10.9 Å². The van der Waals surface area contributed by atoms with Crippen molar-refractivity contribution in [3.05, 3.63) is 87.9 Å². The lowest BCUT2D eigenvalue weighted by atomic mass is 10.0. The SMILES string of the molecule is Cc1ccc(N(C(=O)COc2ccc(Br)cc2C(C)C)S(=O)(=O)c2ccc(C)cc2)cc1. The quantitative estimate of drug-likeness (QED) is 0.387. The van der Waals surface area contributed by atoms with Crippen LogP contribution in [-0.2, 0) is 14.8 Å². The van der Waals surface area contributed by atoms with E-state index < -0.39 is 22.5 Å². The van der Waals surface area contributed by atoms with Gasteiger partial charge in [0.05, 0.1) is 10.6 Å². The summed E-state index contributed by atoms with van der Waals surface area (Å²) >= 11 is 3.45. The van der Waals surface area contributed by atoms with Crippen molar-refractivity contribution in [1.29, 1.82) is 0 Å². The van der Waals surface area contributed by atoms with E-state index >= 15 is 0 Å². The van der Waals surface area contributed by atoms with Gasteiger partial charge >= 0.3 is 0 Å². The van der Waals surface area contributed by atoms with Crippen molar-refractivity contribution in [3.63, 3.8) is 0 Å². The fourth-order valence-corrected chi connectivity index (χ4v) is 5.00. The average molecular weight is 516 g/mol. The first-order chi connectivity index (χ1) is 15.1. The highest BCUT2D eigenvalue weighted by Gasteiger charge is 2.31. The van der Waals surface area contributed by atoms with Crippen LogP contribution in [0.1, 0.15) is 36.5 Å². The first-order valence-electron chi connectivity index (χ1n) is 10.2. The number of anilines is 1. The van der Waals surface area contributed by atoms with Crippen LogP contribution < -0.4 is 9.04 Å². The number of hydrogen-bond donors (Lipinski definition) is 0. The van der Waals surface area contributed by atoms with Gasteiger partial charge in [0.25, 0.3) is 15.9 Å². The van der Waals surface area contributed by atoms with E-state index in [0.717, 1.165) is 25.5 Å². The molecule has 0 N–H and O–H groups in total. The number of sulfonamides is 1. The summed E-state index contributed by atoms with van der Waals surface area (Å²) in [7, 11) is -4.12. The molecule has 7 heteroatoms. The van der Waals surface area contributed by atoms with E-state index in [-0.39, 0.29) is 16.5 Å². The van der Waals surface area contributed by atoms with Crippen LogP contribution in [0.5, 0.6) is 5.75 Å². The Balaban J connectivity index is 1.96. The summed E-state index contributed by atoms with van der Waals surface area (Å²) in [4.78, 5) is 13.3. The maximum Gasteiger partial charge on any atom is 0.278 e. The lowest BCUT2D eigenvalue weighted by Crippen LogP contribution is -2.40. The van der Waals surface area contributed by atoms with Gasteiger partial charge in [0.2, 0.25) is 0 Å². The van der Waals surface area contributed by atoms with Crippen molar-refractivity contribution in [1.82, 2.24) is 0 Å². The summed E-state index contributed by atoms with van der Waals surface area (Å²) in [6.45, 7) is 7.40. The zero-order valence-corrected chi connectivity index (χ0v) is 20.9. The predicted octanol–water partition coefficient (Wildman–Crippen LogP) is 5.99. The van der Waals surface area contributed by atoms with Gasteiger partial charge in [0.15, 0.2) is 6.61 Å². The zero-order valence-electron chi connectivity index (χ0n) is 18.5. The molecule has 0 aromatic heterocycles. The molecule has 0 saturated heterocycles. The summed E-state index contributed by atoms with van der Waals surface area (Å²) in [5, 5.41) is 0. The second-order valence-electron chi connectivity index (χ2n) is 7.94. The largest absolute Gasteiger partial charge is 0.483 e. The summed E-state index contributed by atoms with van der Waals surface area (Å²) in [6.07, 6.45) is 0. The summed E-state index contributed by atoms with van der Waals surface area (Å²) in [5.74, 6) is 0.0438. The van der Waals surface area contributed by atoms with E-state index in [2.05, 4.69) is 15.9 Å². The topological polar surface area (TPSA) is 63.7 Å². The van der Waals surface area contributed by atoms with E-state index in [1.807, 2.05) is 39.8 Å². The van der Waals surface area contributed by atoms with E-state index in [9.17, 15) is 13.2 Å². The molecule has 3 aromatic rings. The number of rotatable bonds is 7. The molecule has 0 atom stereocenters. The third-order valence-corrected chi connectivity index (χ3v) is 7.26. The highest BCUT2D eigenvalue weighted by molar-refractivity contribution is 9.10. The van der Waals surface area contributed by atoms with Crippen LogP contribution >= 0.6 is 15.9 Å². The Labute approximate surface area is 198 Å². The smallest absolute Gasteiger partial charge is 0.278 e. The molecule has 0 bridgehead atoms. The first-order valence-corrected chi connectivity index (χ1v) is 12.5. The van der Waals surface area contributed by atoms with E-state index in [4.69, 9.17) is 4.74 Å². The Morgan fingerprint density at radius 3 is 2.06 bits per heavy atom. The number of benzene rings is 3. The van der Waals surface area contributed by atoms with Gasteiger partial charge in [-0.05, 0) is 67.8 Å². The van der Waals surface area contributed by atoms with Crippen molar-refractivity contribution >= 4 is 37.5 Å². The van der Waals surface area contributed by atoms with E-state index in [0.29, 0.717) is 5.75 Å². The molecule has 168 valence electrons. The average Bonchev–Trinajstić information content (AvgIpc) is 2.74. The third kappa shape index (κ3) is 5.40. The van der Waals surface area contributed by atoms with Gasteiger partial charge in [-0.1, -0.05) is 65.2 Å². The highest BCUT2D eigenvalue weighted by atomic mass is 79.9. The van der Waals surface area contributed by atoms with E-state index in [1.54, 1.807) is 42.5 Å². The number of hydrogen-bond acceptors (Lipinski definition) is 4. The van der Waals surface area contributed by atoms with Crippen LogP contribution in [0.3, 0.4) is 0 Å². The zero-order chi connectivity index (χ0) is 23.5. The van der Waals surface area contributed by atoms with Crippen LogP contribution in [0.25, 0.3) is 0 Å². The molecule has 0 saturated carbocycles. The normalized spacial score (nSPS) is 11.4. The molecule has 0 radical (unpaired) electrons. The molecule has 1 amide bonds. The summed E-state index contributed by atoms with van der Waals surface area (Å²) in [6, 6.07) is 18.7. The molecular formula is C25H26BrNO4S. The van der Waals surface area contributed by atoms with Crippen LogP contribution in [-0.4, -0.2) is 20.9 Å². The Hall–Kier alpha value is -2.64. The molecule has 32 heavy (non-hydrogen) atoms. The Morgan fingerprint density at radius 2 is 1.50 bits per heavy atom. The van der Waals surface area contributed by atoms with Crippen molar-refractivity contribution in [2.45, 2.75) is 38.5 Å². The first kappa shape index (κ1) is 24.0. The molecule has 0 aliphatic rings. The maximum absolute atomic E-state index is 13.4.